The van der Waals surface area contributed by atoms with Gasteiger partial charge in [0.25, 0.3) is 0 Å². The molecule has 3 rings (SSSR count). The van der Waals surface area contributed by atoms with Crippen molar-refractivity contribution in [1.29, 1.82) is 0 Å². The molecule has 15 heavy (non-hydrogen) atoms. The van der Waals surface area contributed by atoms with Crippen LogP contribution in [0.1, 0.15) is 5.82 Å². The quantitative estimate of drug-likeness (QED) is 0.592. The first-order chi connectivity index (χ1) is 7.36. The van der Waals surface area contributed by atoms with Gasteiger partial charge in [-0.05, 0) is 19.1 Å². The SMILES string of the molecule is Cc1nc2ccccc2n1-n1cncn1. The van der Waals surface area contributed by atoms with E-state index in [0.29, 0.717) is 0 Å². The van der Waals surface area contributed by atoms with E-state index in [0.717, 1.165) is 16.9 Å². The van der Waals surface area contributed by atoms with Gasteiger partial charge in [-0.3, -0.25) is 0 Å². The number of hydrogen-bond donors (Lipinski definition) is 0. The predicted octanol–water partition coefficient (Wildman–Crippen LogP) is 1.25. The summed E-state index contributed by atoms with van der Waals surface area (Å²) in [6.07, 6.45) is 3.16. The van der Waals surface area contributed by atoms with E-state index >= 15 is 0 Å². The third kappa shape index (κ3) is 1.13. The molecule has 0 N–H and O–H groups in total. The highest BCUT2D eigenvalue weighted by Gasteiger charge is 2.07. The third-order valence-electron chi connectivity index (χ3n) is 2.31. The van der Waals surface area contributed by atoms with E-state index in [2.05, 4.69) is 15.1 Å². The van der Waals surface area contributed by atoms with Gasteiger partial charge in [-0.15, -0.1) is 5.10 Å². The fourth-order valence-corrected chi connectivity index (χ4v) is 1.70. The van der Waals surface area contributed by atoms with Crippen molar-refractivity contribution < 1.29 is 0 Å². The van der Waals surface area contributed by atoms with Gasteiger partial charge < -0.3 is 0 Å². The molecule has 3 aromatic rings. The number of benzene rings is 1. The molecule has 1 aromatic carbocycles. The minimum Gasteiger partial charge on any atom is -0.232 e. The van der Waals surface area contributed by atoms with Crippen LogP contribution in [-0.4, -0.2) is 24.5 Å². The molecule has 0 bridgehead atoms. The maximum absolute atomic E-state index is 4.44. The van der Waals surface area contributed by atoms with Gasteiger partial charge in [0.2, 0.25) is 0 Å². The molecule has 74 valence electrons. The van der Waals surface area contributed by atoms with Crippen molar-refractivity contribution in [2.75, 3.05) is 0 Å². The fraction of sp³-hybridized carbons (Fsp3) is 0.100. The summed E-state index contributed by atoms with van der Waals surface area (Å²) in [5, 5.41) is 4.10. The lowest BCUT2D eigenvalue weighted by Crippen LogP contribution is -2.11. The van der Waals surface area contributed by atoms with Gasteiger partial charge in [0.15, 0.2) is 0 Å². The van der Waals surface area contributed by atoms with Crippen LogP contribution < -0.4 is 0 Å². The summed E-state index contributed by atoms with van der Waals surface area (Å²) in [4.78, 5) is 10.0. The highest BCUT2D eigenvalue weighted by molar-refractivity contribution is 5.75. The van der Waals surface area contributed by atoms with Crippen LogP contribution in [0.5, 0.6) is 0 Å². The average Bonchev–Trinajstić information content (AvgIpc) is 2.82. The summed E-state index contributed by atoms with van der Waals surface area (Å²) in [5.41, 5.74) is 1.99. The normalized spacial score (nSPS) is 11.0. The summed E-state index contributed by atoms with van der Waals surface area (Å²) < 4.78 is 1.92. The standard InChI is InChI=1S/C10H9N5/c1-8-13-9-4-2-3-5-10(9)15(8)14-7-11-6-12-14/h2-7H,1H3. The Morgan fingerprint density at radius 2 is 2.07 bits per heavy atom. The molecule has 0 atom stereocenters. The molecule has 0 spiro atoms. The molecular formula is C10H9N5. The Balaban J connectivity index is 2.39. The van der Waals surface area contributed by atoms with Gasteiger partial charge in [0.05, 0.1) is 11.0 Å². The van der Waals surface area contributed by atoms with E-state index in [1.807, 2.05) is 35.9 Å². The second-order valence-corrected chi connectivity index (χ2v) is 3.28. The third-order valence-corrected chi connectivity index (χ3v) is 2.31. The Hall–Kier alpha value is -2.17. The van der Waals surface area contributed by atoms with Crippen LogP contribution >= 0.6 is 0 Å². The van der Waals surface area contributed by atoms with Gasteiger partial charge in [-0.1, -0.05) is 12.1 Å². The highest BCUT2D eigenvalue weighted by atomic mass is 15.6. The first-order valence-electron chi connectivity index (χ1n) is 4.65. The zero-order chi connectivity index (χ0) is 10.3. The first kappa shape index (κ1) is 8.16. The second-order valence-electron chi connectivity index (χ2n) is 3.28. The maximum Gasteiger partial charge on any atom is 0.139 e. The number of imidazole rings is 1. The Morgan fingerprint density at radius 3 is 2.87 bits per heavy atom. The zero-order valence-corrected chi connectivity index (χ0v) is 8.20. The number of nitrogens with zero attached hydrogens (tertiary/aromatic N) is 5. The predicted molar refractivity (Wildman–Crippen MR) is 55.3 cm³/mol. The van der Waals surface area contributed by atoms with Gasteiger partial charge in [0.1, 0.15) is 18.5 Å². The Bertz CT molecular complexity index is 593. The molecule has 0 saturated carbocycles. The van der Waals surface area contributed by atoms with Crippen molar-refractivity contribution in [2.45, 2.75) is 6.92 Å². The van der Waals surface area contributed by atoms with E-state index < -0.39 is 0 Å². The molecule has 0 fully saturated rings. The molecule has 0 saturated heterocycles. The summed E-state index contributed by atoms with van der Waals surface area (Å²) in [5.74, 6) is 0.890. The van der Waals surface area contributed by atoms with Crippen LogP contribution in [-0.2, 0) is 0 Å². The maximum atomic E-state index is 4.44. The van der Waals surface area contributed by atoms with Gasteiger partial charge >= 0.3 is 0 Å². The van der Waals surface area contributed by atoms with Crippen molar-refractivity contribution in [3.63, 3.8) is 0 Å². The lowest BCUT2D eigenvalue weighted by Gasteiger charge is -2.04. The van der Waals surface area contributed by atoms with Crippen LogP contribution in [0.25, 0.3) is 11.0 Å². The van der Waals surface area contributed by atoms with Crippen molar-refractivity contribution in [3.05, 3.63) is 42.7 Å². The fourth-order valence-electron chi connectivity index (χ4n) is 1.70. The van der Waals surface area contributed by atoms with Gasteiger partial charge in [-0.25, -0.2) is 14.6 Å². The molecular weight excluding hydrogens is 190 g/mol. The van der Waals surface area contributed by atoms with Crippen LogP contribution in [0.15, 0.2) is 36.9 Å². The van der Waals surface area contributed by atoms with Crippen LogP contribution in [0.4, 0.5) is 0 Å². The number of aryl methyl sites for hydroxylation is 1. The number of fused-ring (bicyclic) bond motifs is 1. The van der Waals surface area contributed by atoms with E-state index in [1.165, 1.54) is 6.33 Å². The van der Waals surface area contributed by atoms with Crippen LogP contribution in [0, 0.1) is 6.92 Å². The molecule has 2 heterocycles. The first-order valence-corrected chi connectivity index (χ1v) is 4.65. The summed E-state index contributed by atoms with van der Waals surface area (Å²) in [6.45, 7) is 1.95. The summed E-state index contributed by atoms with van der Waals surface area (Å²) in [6, 6.07) is 7.95. The second kappa shape index (κ2) is 2.91. The highest BCUT2D eigenvalue weighted by Crippen LogP contribution is 2.14. The molecule has 0 aliphatic rings. The smallest absolute Gasteiger partial charge is 0.139 e. The summed E-state index contributed by atoms with van der Waals surface area (Å²) in [7, 11) is 0. The molecule has 0 radical (unpaired) electrons. The van der Waals surface area contributed by atoms with E-state index in [9.17, 15) is 0 Å². The molecule has 5 heteroatoms. The lowest BCUT2D eigenvalue weighted by atomic mass is 10.3. The van der Waals surface area contributed by atoms with Crippen LogP contribution in [0.2, 0.25) is 0 Å². The Labute approximate surface area is 86.0 Å². The van der Waals surface area contributed by atoms with Gasteiger partial charge in [0, 0.05) is 0 Å². The minimum atomic E-state index is 0.890. The lowest BCUT2D eigenvalue weighted by molar-refractivity contribution is 0.572. The van der Waals surface area contributed by atoms with Crippen molar-refractivity contribution in [3.8, 4) is 0 Å². The van der Waals surface area contributed by atoms with Crippen molar-refractivity contribution in [2.24, 2.45) is 0 Å². The average molecular weight is 199 g/mol. The van der Waals surface area contributed by atoms with E-state index in [4.69, 9.17) is 0 Å². The Kier molecular flexibility index (Phi) is 1.58. The Morgan fingerprint density at radius 1 is 1.20 bits per heavy atom. The number of rotatable bonds is 1. The van der Waals surface area contributed by atoms with Crippen molar-refractivity contribution >= 4 is 11.0 Å². The molecule has 0 aliphatic heterocycles. The van der Waals surface area contributed by atoms with Crippen molar-refractivity contribution in [1.82, 2.24) is 24.5 Å². The number of aromatic nitrogens is 5. The number of hydrogen-bond acceptors (Lipinski definition) is 3. The molecule has 0 amide bonds. The summed E-state index contributed by atoms with van der Waals surface area (Å²) >= 11 is 0. The molecule has 0 aliphatic carbocycles. The van der Waals surface area contributed by atoms with Crippen LogP contribution in [0.3, 0.4) is 0 Å². The topological polar surface area (TPSA) is 48.5 Å². The zero-order valence-electron chi connectivity index (χ0n) is 8.20. The minimum absolute atomic E-state index is 0.890. The van der Waals surface area contributed by atoms with Gasteiger partial charge in [-0.2, -0.15) is 4.79 Å². The largest absolute Gasteiger partial charge is 0.232 e. The monoisotopic (exact) mass is 199 g/mol. The molecule has 5 nitrogen and oxygen atoms in total. The number of para-hydroxylation sites is 2. The van der Waals surface area contributed by atoms with E-state index in [-0.39, 0.29) is 0 Å². The molecule has 2 aromatic heterocycles. The van der Waals surface area contributed by atoms with E-state index in [1.54, 1.807) is 11.1 Å². The molecule has 0 unspecified atom stereocenters.